The molecule has 0 unspecified atom stereocenters. The Morgan fingerprint density at radius 2 is 1.74 bits per heavy atom. The van der Waals surface area contributed by atoms with Gasteiger partial charge in [-0.1, -0.05) is 42.5 Å². The van der Waals surface area contributed by atoms with Crippen molar-refractivity contribution in [2.24, 2.45) is 0 Å². The molecule has 0 saturated heterocycles. The van der Waals surface area contributed by atoms with Crippen molar-refractivity contribution in [3.63, 3.8) is 0 Å². The van der Waals surface area contributed by atoms with E-state index in [9.17, 15) is 14.0 Å². The SMILES string of the molecule is CCOC(=O)CCN(CCc1ccccc1)C(=O)/C=C/c1ccc(F)cc1. The van der Waals surface area contributed by atoms with Crippen molar-refractivity contribution < 1.29 is 18.7 Å². The summed E-state index contributed by atoms with van der Waals surface area (Å²) in [5.41, 5.74) is 1.85. The lowest BCUT2D eigenvalue weighted by molar-refractivity contribution is -0.143. The number of esters is 1. The zero-order chi connectivity index (χ0) is 19.5. The number of amides is 1. The minimum absolute atomic E-state index is 0.152. The number of benzene rings is 2. The molecular weight excluding hydrogens is 345 g/mol. The van der Waals surface area contributed by atoms with Crippen LogP contribution < -0.4 is 0 Å². The topological polar surface area (TPSA) is 46.6 Å². The molecule has 0 N–H and O–H groups in total. The highest BCUT2D eigenvalue weighted by Crippen LogP contribution is 2.07. The normalized spacial score (nSPS) is 10.7. The van der Waals surface area contributed by atoms with Crippen LogP contribution in [-0.2, 0) is 20.7 Å². The van der Waals surface area contributed by atoms with Gasteiger partial charge in [-0.3, -0.25) is 9.59 Å². The second-order valence-electron chi connectivity index (χ2n) is 6.00. The predicted molar refractivity (Wildman–Crippen MR) is 103 cm³/mol. The van der Waals surface area contributed by atoms with Crippen molar-refractivity contribution >= 4 is 18.0 Å². The van der Waals surface area contributed by atoms with Gasteiger partial charge in [-0.05, 0) is 42.7 Å². The van der Waals surface area contributed by atoms with Crippen LogP contribution in [0.4, 0.5) is 4.39 Å². The first kappa shape index (κ1) is 20.4. The van der Waals surface area contributed by atoms with E-state index in [1.54, 1.807) is 30.0 Å². The van der Waals surface area contributed by atoms with Gasteiger partial charge in [0.25, 0.3) is 0 Å². The van der Waals surface area contributed by atoms with Gasteiger partial charge in [-0.2, -0.15) is 0 Å². The molecule has 2 aromatic rings. The molecule has 2 rings (SSSR count). The second kappa shape index (κ2) is 10.9. The maximum Gasteiger partial charge on any atom is 0.307 e. The zero-order valence-electron chi connectivity index (χ0n) is 15.4. The maximum absolute atomic E-state index is 13.0. The Labute approximate surface area is 159 Å². The third-order valence-corrected chi connectivity index (χ3v) is 4.00. The fourth-order valence-electron chi connectivity index (χ4n) is 2.55. The van der Waals surface area contributed by atoms with Gasteiger partial charge in [0.05, 0.1) is 13.0 Å². The monoisotopic (exact) mass is 369 g/mol. The average Bonchev–Trinajstić information content (AvgIpc) is 2.68. The van der Waals surface area contributed by atoms with Crippen LogP contribution in [0.25, 0.3) is 6.08 Å². The van der Waals surface area contributed by atoms with Gasteiger partial charge in [-0.25, -0.2) is 4.39 Å². The van der Waals surface area contributed by atoms with E-state index in [1.165, 1.54) is 18.2 Å². The van der Waals surface area contributed by atoms with Crippen LogP contribution >= 0.6 is 0 Å². The third-order valence-electron chi connectivity index (χ3n) is 4.00. The number of halogens is 1. The minimum atomic E-state index is -0.322. The molecular formula is C22H24FNO3. The molecule has 0 heterocycles. The molecule has 5 heteroatoms. The summed E-state index contributed by atoms with van der Waals surface area (Å²) in [7, 11) is 0. The quantitative estimate of drug-likeness (QED) is 0.498. The Morgan fingerprint density at radius 1 is 1.04 bits per heavy atom. The number of hydrogen-bond acceptors (Lipinski definition) is 3. The van der Waals surface area contributed by atoms with Gasteiger partial charge in [0.2, 0.25) is 5.91 Å². The van der Waals surface area contributed by atoms with E-state index in [0.29, 0.717) is 19.6 Å². The van der Waals surface area contributed by atoms with Crippen LogP contribution in [0.1, 0.15) is 24.5 Å². The van der Waals surface area contributed by atoms with Gasteiger partial charge in [-0.15, -0.1) is 0 Å². The van der Waals surface area contributed by atoms with E-state index >= 15 is 0 Å². The molecule has 0 atom stereocenters. The lowest BCUT2D eigenvalue weighted by Gasteiger charge is -2.21. The van der Waals surface area contributed by atoms with Gasteiger partial charge in [0.1, 0.15) is 5.82 Å². The third kappa shape index (κ3) is 7.44. The van der Waals surface area contributed by atoms with Crippen molar-refractivity contribution in [3.05, 3.63) is 77.6 Å². The van der Waals surface area contributed by atoms with Crippen LogP contribution in [0.3, 0.4) is 0 Å². The molecule has 2 aromatic carbocycles. The Bertz CT molecular complexity index is 757. The molecule has 0 aliphatic carbocycles. The van der Waals surface area contributed by atoms with E-state index < -0.39 is 0 Å². The van der Waals surface area contributed by atoms with E-state index in [1.807, 2.05) is 30.3 Å². The average molecular weight is 369 g/mol. The smallest absolute Gasteiger partial charge is 0.307 e. The summed E-state index contributed by atoms with van der Waals surface area (Å²) >= 11 is 0. The Balaban J connectivity index is 2.00. The number of ether oxygens (including phenoxy) is 1. The first-order chi connectivity index (χ1) is 13.1. The summed E-state index contributed by atoms with van der Waals surface area (Å²) in [5, 5.41) is 0. The van der Waals surface area contributed by atoms with Crippen LogP contribution in [0, 0.1) is 5.82 Å². The summed E-state index contributed by atoms with van der Waals surface area (Å²) in [4.78, 5) is 25.9. The summed E-state index contributed by atoms with van der Waals surface area (Å²) in [5.74, 6) is -0.838. The molecule has 0 saturated carbocycles. The second-order valence-corrected chi connectivity index (χ2v) is 6.00. The van der Waals surface area contributed by atoms with Crippen molar-refractivity contribution in [2.45, 2.75) is 19.8 Å². The molecule has 0 aliphatic heterocycles. The Hall–Kier alpha value is -2.95. The standard InChI is InChI=1S/C22H24FNO3/c1-2-27-22(26)15-17-24(16-14-18-6-4-3-5-7-18)21(25)13-10-19-8-11-20(23)12-9-19/h3-13H,2,14-17H2,1H3/b13-10+. The fourth-order valence-corrected chi connectivity index (χ4v) is 2.55. The first-order valence-corrected chi connectivity index (χ1v) is 9.00. The molecule has 4 nitrogen and oxygen atoms in total. The Kier molecular flexibility index (Phi) is 8.23. The van der Waals surface area contributed by atoms with Gasteiger partial charge >= 0.3 is 5.97 Å². The largest absolute Gasteiger partial charge is 0.466 e. The molecule has 0 aliphatic rings. The lowest BCUT2D eigenvalue weighted by Crippen LogP contribution is -2.33. The van der Waals surface area contributed by atoms with Crippen LogP contribution in [0.5, 0.6) is 0 Å². The number of carbonyl (C=O) groups is 2. The van der Waals surface area contributed by atoms with E-state index in [0.717, 1.165) is 11.1 Å². The zero-order valence-corrected chi connectivity index (χ0v) is 15.4. The first-order valence-electron chi connectivity index (χ1n) is 9.00. The number of carbonyl (C=O) groups excluding carboxylic acids is 2. The molecule has 0 bridgehead atoms. The summed E-state index contributed by atoms with van der Waals surface area (Å²) in [6, 6.07) is 15.8. The predicted octanol–water partition coefficient (Wildman–Crippen LogP) is 3.86. The van der Waals surface area contributed by atoms with E-state index in [2.05, 4.69) is 0 Å². The van der Waals surface area contributed by atoms with Crippen molar-refractivity contribution in [2.75, 3.05) is 19.7 Å². The lowest BCUT2D eigenvalue weighted by atomic mass is 10.1. The molecule has 27 heavy (non-hydrogen) atoms. The summed E-state index contributed by atoms with van der Waals surface area (Å²) in [6.45, 7) is 2.86. The highest BCUT2D eigenvalue weighted by atomic mass is 19.1. The van der Waals surface area contributed by atoms with Crippen LogP contribution in [-0.4, -0.2) is 36.5 Å². The van der Waals surface area contributed by atoms with Crippen molar-refractivity contribution in [1.82, 2.24) is 4.90 Å². The minimum Gasteiger partial charge on any atom is -0.466 e. The summed E-state index contributed by atoms with van der Waals surface area (Å²) < 4.78 is 17.9. The van der Waals surface area contributed by atoms with E-state index in [4.69, 9.17) is 4.74 Å². The van der Waals surface area contributed by atoms with Gasteiger partial charge in [0.15, 0.2) is 0 Å². The molecule has 0 fully saturated rings. The van der Waals surface area contributed by atoms with Crippen molar-refractivity contribution in [3.8, 4) is 0 Å². The summed E-state index contributed by atoms with van der Waals surface area (Å²) in [6.07, 6.45) is 3.93. The Morgan fingerprint density at radius 3 is 2.41 bits per heavy atom. The van der Waals surface area contributed by atoms with E-state index in [-0.39, 0.29) is 30.7 Å². The fraction of sp³-hybridized carbons (Fsp3) is 0.273. The molecule has 1 amide bonds. The highest BCUT2D eigenvalue weighted by molar-refractivity contribution is 5.92. The molecule has 0 spiro atoms. The molecule has 0 radical (unpaired) electrons. The van der Waals surface area contributed by atoms with Crippen molar-refractivity contribution in [1.29, 1.82) is 0 Å². The van der Waals surface area contributed by atoms with Crippen LogP contribution in [0.2, 0.25) is 0 Å². The molecule has 142 valence electrons. The van der Waals surface area contributed by atoms with Crippen LogP contribution in [0.15, 0.2) is 60.7 Å². The number of rotatable bonds is 9. The van der Waals surface area contributed by atoms with Gasteiger partial charge in [0, 0.05) is 19.2 Å². The van der Waals surface area contributed by atoms with Gasteiger partial charge < -0.3 is 9.64 Å². The maximum atomic E-state index is 13.0. The number of hydrogen-bond donors (Lipinski definition) is 0. The molecule has 0 aromatic heterocycles. The highest BCUT2D eigenvalue weighted by Gasteiger charge is 2.13. The number of nitrogens with zero attached hydrogens (tertiary/aromatic N) is 1.